The van der Waals surface area contributed by atoms with Crippen molar-refractivity contribution in [2.75, 3.05) is 6.61 Å². The van der Waals surface area contributed by atoms with Crippen LogP contribution in [-0.2, 0) is 4.79 Å². The van der Waals surface area contributed by atoms with E-state index in [0.29, 0.717) is 6.61 Å². The van der Waals surface area contributed by atoms with Crippen LogP contribution >= 0.6 is 0 Å². The molecule has 96 valence electrons. The van der Waals surface area contributed by atoms with Gasteiger partial charge in [-0.15, -0.1) is 0 Å². The summed E-state index contributed by atoms with van der Waals surface area (Å²) in [5.74, 6) is -1.29. The number of carboxylic acids is 1. The Bertz CT molecular complexity index is 490. The Balaban J connectivity index is 3.03. The Hall–Kier alpha value is -2.30. The predicted octanol–water partition coefficient (Wildman–Crippen LogP) is 2.27. The molecule has 0 saturated carbocycles. The van der Waals surface area contributed by atoms with E-state index < -0.39 is 11.9 Å². The number of hydrogen-bond donors (Lipinski definition) is 1. The van der Waals surface area contributed by atoms with E-state index in [1.165, 1.54) is 25.1 Å². The summed E-state index contributed by atoms with van der Waals surface area (Å²) in [6, 6.07) is 4.09. The second-order valence-electron chi connectivity index (χ2n) is 3.57. The minimum atomic E-state index is -1.10. The molecule has 0 bridgehead atoms. The molecule has 0 aromatic heterocycles. The van der Waals surface area contributed by atoms with Crippen LogP contribution in [0.3, 0.4) is 0 Å². The molecule has 0 aliphatic carbocycles. The van der Waals surface area contributed by atoms with Crippen LogP contribution in [0.25, 0.3) is 0 Å². The highest BCUT2D eigenvalue weighted by molar-refractivity contribution is 5.92. The summed E-state index contributed by atoms with van der Waals surface area (Å²) in [5, 5.41) is 8.95. The first-order chi connectivity index (χ1) is 8.45. The van der Waals surface area contributed by atoms with Crippen molar-refractivity contribution in [3.8, 4) is 11.5 Å². The molecule has 0 heterocycles. The maximum absolute atomic E-state index is 11.3. The van der Waals surface area contributed by atoms with Gasteiger partial charge in [0.25, 0.3) is 0 Å². The molecule has 0 spiro atoms. The van der Waals surface area contributed by atoms with Crippen molar-refractivity contribution in [3.05, 3.63) is 35.9 Å². The highest BCUT2D eigenvalue weighted by Crippen LogP contribution is 2.25. The fourth-order valence-corrected chi connectivity index (χ4v) is 1.21. The Morgan fingerprint density at radius 3 is 2.56 bits per heavy atom. The monoisotopic (exact) mass is 250 g/mol. The molecular weight excluding hydrogens is 236 g/mol. The van der Waals surface area contributed by atoms with E-state index in [4.69, 9.17) is 14.6 Å². The maximum Gasteiger partial charge on any atom is 0.339 e. The van der Waals surface area contributed by atoms with Gasteiger partial charge in [-0.25, -0.2) is 9.59 Å². The molecule has 1 rings (SSSR count). The number of carboxylic acid groups (broad SMARTS) is 1. The molecule has 0 radical (unpaired) electrons. The van der Waals surface area contributed by atoms with Crippen LogP contribution in [0.1, 0.15) is 24.2 Å². The molecule has 1 N–H and O–H groups in total. The van der Waals surface area contributed by atoms with Crippen molar-refractivity contribution in [1.82, 2.24) is 0 Å². The van der Waals surface area contributed by atoms with Crippen molar-refractivity contribution in [3.63, 3.8) is 0 Å². The van der Waals surface area contributed by atoms with Gasteiger partial charge in [-0.05, 0) is 26.0 Å². The van der Waals surface area contributed by atoms with Crippen molar-refractivity contribution in [2.24, 2.45) is 0 Å². The van der Waals surface area contributed by atoms with E-state index in [0.717, 1.165) is 0 Å². The standard InChI is InChI=1S/C13H14O5/c1-4-17-11-7-9(18-13(16)8(2)3)5-6-10(11)12(14)15/h5-7H,2,4H2,1,3H3,(H,14,15). The predicted molar refractivity (Wildman–Crippen MR) is 65.0 cm³/mol. The van der Waals surface area contributed by atoms with Gasteiger partial charge >= 0.3 is 11.9 Å². The van der Waals surface area contributed by atoms with Crippen LogP contribution in [0.2, 0.25) is 0 Å². The second kappa shape index (κ2) is 5.86. The summed E-state index contributed by atoms with van der Waals surface area (Å²) in [6.07, 6.45) is 0. The Labute approximate surface area is 105 Å². The highest BCUT2D eigenvalue weighted by atomic mass is 16.5. The third-order valence-electron chi connectivity index (χ3n) is 2.04. The van der Waals surface area contributed by atoms with Crippen LogP contribution < -0.4 is 9.47 Å². The molecule has 0 atom stereocenters. The number of ether oxygens (including phenoxy) is 2. The lowest BCUT2D eigenvalue weighted by molar-refractivity contribution is -0.130. The quantitative estimate of drug-likeness (QED) is 0.493. The van der Waals surface area contributed by atoms with E-state index in [1.54, 1.807) is 6.92 Å². The van der Waals surface area contributed by atoms with Crippen LogP contribution in [0, 0.1) is 0 Å². The van der Waals surface area contributed by atoms with Crippen molar-refractivity contribution in [1.29, 1.82) is 0 Å². The van der Waals surface area contributed by atoms with Gasteiger partial charge in [0, 0.05) is 11.6 Å². The van der Waals surface area contributed by atoms with Gasteiger partial charge in [0.2, 0.25) is 0 Å². The van der Waals surface area contributed by atoms with Crippen LogP contribution in [0.4, 0.5) is 0 Å². The minimum Gasteiger partial charge on any atom is -0.493 e. The fourth-order valence-electron chi connectivity index (χ4n) is 1.21. The molecule has 5 nitrogen and oxygen atoms in total. The summed E-state index contributed by atoms with van der Waals surface area (Å²) >= 11 is 0. The lowest BCUT2D eigenvalue weighted by Gasteiger charge is -2.09. The van der Waals surface area contributed by atoms with Gasteiger partial charge in [-0.2, -0.15) is 0 Å². The lowest BCUT2D eigenvalue weighted by atomic mass is 10.2. The zero-order valence-corrected chi connectivity index (χ0v) is 10.2. The summed E-state index contributed by atoms with van der Waals surface area (Å²) in [7, 11) is 0. The average molecular weight is 250 g/mol. The summed E-state index contributed by atoms with van der Waals surface area (Å²) in [5.41, 5.74) is 0.280. The van der Waals surface area contributed by atoms with E-state index in [1.807, 2.05) is 0 Å². The zero-order chi connectivity index (χ0) is 13.7. The number of hydrogen-bond acceptors (Lipinski definition) is 4. The van der Waals surface area contributed by atoms with Crippen LogP contribution in [0.5, 0.6) is 11.5 Å². The smallest absolute Gasteiger partial charge is 0.339 e. The topological polar surface area (TPSA) is 72.8 Å². The van der Waals surface area contributed by atoms with Crippen LogP contribution in [0.15, 0.2) is 30.4 Å². The largest absolute Gasteiger partial charge is 0.493 e. The number of carbonyl (C=O) groups excluding carboxylic acids is 1. The lowest BCUT2D eigenvalue weighted by Crippen LogP contribution is -2.09. The molecule has 5 heteroatoms. The SMILES string of the molecule is C=C(C)C(=O)Oc1ccc(C(=O)O)c(OCC)c1. The van der Waals surface area contributed by atoms with Crippen molar-refractivity contribution in [2.45, 2.75) is 13.8 Å². The van der Waals surface area contributed by atoms with Gasteiger partial charge in [-0.3, -0.25) is 0 Å². The second-order valence-corrected chi connectivity index (χ2v) is 3.57. The molecule has 0 aliphatic heterocycles. The molecule has 0 unspecified atom stereocenters. The molecular formula is C13H14O5. The first kappa shape index (κ1) is 13.8. The zero-order valence-electron chi connectivity index (χ0n) is 10.2. The molecule has 0 aliphatic rings. The summed E-state index contributed by atoms with van der Waals surface area (Å²) in [4.78, 5) is 22.3. The first-order valence-corrected chi connectivity index (χ1v) is 5.33. The van der Waals surface area contributed by atoms with E-state index in [-0.39, 0.29) is 22.6 Å². The molecule has 0 fully saturated rings. The molecule has 0 saturated heterocycles. The third-order valence-corrected chi connectivity index (χ3v) is 2.04. The van der Waals surface area contributed by atoms with Gasteiger partial charge in [0.1, 0.15) is 17.1 Å². The normalized spacial score (nSPS) is 9.67. The number of benzene rings is 1. The van der Waals surface area contributed by atoms with E-state index >= 15 is 0 Å². The molecule has 1 aromatic rings. The molecule has 1 aromatic carbocycles. The minimum absolute atomic E-state index is 0.0203. The van der Waals surface area contributed by atoms with Crippen LogP contribution in [-0.4, -0.2) is 23.7 Å². The number of rotatable bonds is 5. The summed E-state index contributed by atoms with van der Waals surface area (Å²) < 4.78 is 10.2. The summed E-state index contributed by atoms with van der Waals surface area (Å²) in [6.45, 7) is 7.03. The van der Waals surface area contributed by atoms with Gasteiger partial charge in [-0.1, -0.05) is 6.58 Å². The molecule has 18 heavy (non-hydrogen) atoms. The Morgan fingerprint density at radius 1 is 1.39 bits per heavy atom. The van der Waals surface area contributed by atoms with E-state index in [9.17, 15) is 9.59 Å². The Morgan fingerprint density at radius 2 is 2.06 bits per heavy atom. The van der Waals surface area contributed by atoms with Crippen molar-refractivity contribution >= 4 is 11.9 Å². The third kappa shape index (κ3) is 3.35. The fraction of sp³-hybridized carbons (Fsp3) is 0.231. The number of esters is 1. The maximum atomic E-state index is 11.3. The molecule has 0 amide bonds. The first-order valence-electron chi connectivity index (χ1n) is 5.33. The van der Waals surface area contributed by atoms with Gasteiger partial charge in [0.15, 0.2) is 0 Å². The average Bonchev–Trinajstić information content (AvgIpc) is 2.29. The van der Waals surface area contributed by atoms with Gasteiger partial charge in [0.05, 0.1) is 6.61 Å². The number of aromatic carboxylic acids is 1. The van der Waals surface area contributed by atoms with Gasteiger partial charge < -0.3 is 14.6 Å². The van der Waals surface area contributed by atoms with Crippen molar-refractivity contribution < 1.29 is 24.2 Å². The number of carbonyl (C=O) groups is 2. The highest BCUT2D eigenvalue weighted by Gasteiger charge is 2.14. The Kier molecular flexibility index (Phi) is 4.48. The van der Waals surface area contributed by atoms with E-state index in [2.05, 4.69) is 6.58 Å².